The summed E-state index contributed by atoms with van der Waals surface area (Å²) in [5, 5.41) is 11.1. The van der Waals surface area contributed by atoms with Crippen molar-refractivity contribution in [3.05, 3.63) is 42.1 Å². The van der Waals surface area contributed by atoms with Gasteiger partial charge in [0.1, 0.15) is 6.10 Å². The van der Waals surface area contributed by atoms with Gasteiger partial charge in [-0.2, -0.15) is 0 Å². The fourth-order valence-electron chi connectivity index (χ4n) is 2.60. The molecule has 3 nitrogen and oxygen atoms in total. The number of hydrogen-bond donors (Lipinski definition) is 1. The second kappa shape index (κ2) is 6.62. The van der Waals surface area contributed by atoms with E-state index in [-0.39, 0.29) is 18.1 Å². The molecule has 1 aromatic carbocycles. The zero-order valence-electron chi connectivity index (χ0n) is 12.0. The highest BCUT2D eigenvalue weighted by molar-refractivity contribution is 5.91. The summed E-state index contributed by atoms with van der Waals surface area (Å²) in [7, 11) is 0. The molecule has 0 saturated heterocycles. The highest BCUT2D eigenvalue weighted by atomic mass is 16.3. The number of carbonyl (C=O) groups excluding carboxylic acids is 1. The molecule has 0 aliphatic carbocycles. The van der Waals surface area contributed by atoms with Gasteiger partial charge in [0.25, 0.3) is 0 Å². The van der Waals surface area contributed by atoms with Gasteiger partial charge >= 0.3 is 0 Å². The summed E-state index contributed by atoms with van der Waals surface area (Å²) in [6.07, 6.45) is 2.76. The van der Waals surface area contributed by atoms with Crippen LogP contribution in [0.15, 0.2) is 36.5 Å². The van der Waals surface area contributed by atoms with E-state index in [0.717, 1.165) is 29.3 Å². The van der Waals surface area contributed by atoms with E-state index in [4.69, 9.17) is 0 Å². The molecule has 20 heavy (non-hydrogen) atoms. The lowest BCUT2D eigenvalue weighted by atomic mass is 9.90. The number of fused-ring (bicyclic) bond motifs is 1. The Labute approximate surface area is 119 Å². The highest BCUT2D eigenvalue weighted by Gasteiger charge is 2.23. The van der Waals surface area contributed by atoms with Crippen molar-refractivity contribution in [2.45, 2.75) is 39.2 Å². The van der Waals surface area contributed by atoms with Crippen LogP contribution in [-0.4, -0.2) is 22.0 Å². The lowest BCUT2D eigenvalue weighted by Crippen LogP contribution is -2.30. The highest BCUT2D eigenvalue weighted by Crippen LogP contribution is 2.20. The lowest BCUT2D eigenvalue weighted by molar-refractivity contribution is -0.129. The van der Waals surface area contributed by atoms with E-state index in [2.05, 4.69) is 4.98 Å². The summed E-state index contributed by atoms with van der Waals surface area (Å²) in [6, 6.07) is 9.63. The second-order valence-electron chi connectivity index (χ2n) is 5.15. The minimum atomic E-state index is -0.864. The number of Topliss-reactive ketones (excluding diaryl/α,β-unsaturated/α-hetero) is 1. The van der Waals surface area contributed by atoms with Crippen LogP contribution in [0, 0.1) is 5.92 Å². The van der Waals surface area contributed by atoms with Gasteiger partial charge in [0.15, 0.2) is 5.78 Å². The van der Waals surface area contributed by atoms with Crippen molar-refractivity contribution in [1.82, 2.24) is 4.98 Å². The Hall–Kier alpha value is -1.74. The fraction of sp³-hybridized carbons (Fsp3) is 0.412. The average molecular weight is 271 g/mol. The van der Waals surface area contributed by atoms with Crippen LogP contribution in [0.1, 0.15) is 32.3 Å². The van der Waals surface area contributed by atoms with Crippen molar-refractivity contribution in [2.75, 3.05) is 0 Å². The summed E-state index contributed by atoms with van der Waals surface area (Å²) in [5.41, 5.74) is 1.82. The molecule has 0 spiro atoms. The van der Waals surface area contributed by atoms with E-state index in [1.54, 1.807) is 6.20 Å². The number of para-hydroxylation sites is 1. The van der Waals surface area contributed by atoms with Crippen LogP contribution in [0.2, 0.25) is 0 Å². The van der Waals surface area contributed by atoms with Gasteiger partial charge in [-0.05, 0) is 23.6 Å². The maximum absolute atomic E-state index is 12.2. The summed E-state index contributed by atoms with van der Waals surface area (Å²) < 4.78 is 0. The van der Waals surface area contributed by atoms with E-state index in [9.17, 15) is 9.90 Å². The number of nitrogens with zero attached hydrogens (tertiary/aromatic N) is 1. The zero-order valence-corrected chi connectivity index (χ0v) is 12.0. The van der Waals surface area contributed by atoms with Crippen LogP contribution in [0.3, 0.4) is 0 Å². The van der Waals surface area contributed by atoms with E-state index >= 15 is 0 Å². The minimum absolute atomic E-state index is 0.0515. The van der Waals surface area contributed by atoms with Crippen molar-refractivity contribution in [3.63, 3.8) is 0 Å². The molecular formula is C17H21NO2. The normalized spacial score (nSPS) is 12.8. The molecule has 3 heteroatoms. The van der Waals surface area contributed by atoms with Crippen LogP contribution in [0.5, 0.6) is 0 Å². The SMILES string of the molecule is CCC(CC)C(O)C(=O)Cc1ccnc2ccccc12. The van der Waals surface area contributed by atoms with Gasteiger partial charge in [-0.25, -0.2) is 0 Å². The maximum Gasteiger partial charge on any atom is 0.165 e. The Kier molecular flexibility index (Phi) is 4.85. The van der Waals surface area contributed by atoms with Gasteiger partial charge in [-0.3, -0.25) is 9.78 Å². The van der Waals surface area contributed by atoms with Crippen LogP contribution in [-0.2, 0) is 11.2 Å². The summed E-state index contributed by atoms with van der Waals surface area (Å²) in [4.78, 5) is 16.5. The number of aromatic nitrogens is 1. The molecule has 2 aromatic rings. The Balaban J connectivity index is 2.22. The Bertz CT molecular complexity index is 585. The number of aliphatic hydroxyl groups is 1. The van der Waals surface area contributed by atoms with E-state index in [1.165, 1.54) is 0 Å². The first-order valence-corrected chi connectivity index (χ1v) is 7.20. The minimum Gasteiger partial charge on any atom is -0.385 e. The van der Waals surface area contributed by atoms with Gasteiger partial charge in [0, 0.05) is 18.0 Å². The quantitative estimate of drug-likeness (QED) is 0.878. The zero-order chi connectivity index (χ0) is 14.5. The molecule has 0 amide bonds. The summed E-state index contributed by atoms with van der Waals surface area (Å²) in [6.45, 7) is 4.01. The smallest absolute Gasteiger partial charge is 0.165 e. The van der Waals surface area contributed by atoms with Crippen molar-refractivity contribution >= 4 is 16.7 Å². The predicted molar refractivity (Wildman–Crippen MR) is 80.5 cm³/mol. The third-order valence-corrected chi connectivity index (χ3v) is 3.93. The Morgan fingerprint density at radius 1 is 1.20 bits per heavy atom. The first kappa shape index (κ1) is 14.7. The van der Waals surface area contributed by atoms with E-state index in [0.29, 0.717) is 0 Å². The van der Waals surface area contributed by atoms with Crippen LogP contribution in [0.4, 0.5) is 0 Å². The predicted octanol–water partition coefficient (Wildman–Crippen LogP) is 3.14. The first-order chi connectivity index (χ1) is 9.67. The maximum atomic E-state index is 12.2. The van der Waals surface area contributed by atoms with Gasteiger partial charge < -0.3 is 5.11 Å². The molecule has 1 atom stereocenters. The van der Waals surface area contributed by atoms with E-state index in [1.807, 2.05) is 44.2 Å². The number of hydrogen-bond acceptors (Lipinski definition) is 3. The van der Waals surface area contributed by atoms with Crippen molar-refractivity contribution < 1.29 is 9.90 Å². The summed E-state index contributed by atoms with van der Waals surface area (Å²) >= 11 is 0. The number of pyridine rings is 1. The molecule has 106 valence electrons. The van der Waals surface area contributed by atoms with E-state index < -0.39 is 6.10 Å². The molecule has 0 bridgehead atoms. The molecular weight excluding hydrogens is 250 g/mol. The van der Waals surface area contributed by atoms with Gasteiger partial charge in [0.05, 0.1) is 5.52 Å². The number of benzene rings is 1. The molecule has 1 aromatic heterocycles. The van der Waals surface area contributed by atoms with Crippen LogP contribution in [0.25, 0.3) is 10.9 Å². The van der Waals surface area contributed by atoms with Gasteiger partial charge in [-0.1, -0.05) is 44.9 Å². The molecule has 1 heterocycles. The molecule has 0 radical (unpaired) electrons. The number of rotatable bonds is 6. The number of ketones is 1. The topological polar surface area (TPSA) is 50.2 Å². The average Bonchev–Trinajstić information content (AvgIpc) is 2.48. The summed E-state index contributed by atoms with van der Waals surface area (Å²) in [5.74, 6) is -0.0503. The fourth-order valence-corrected chi connectivity index (χ4v) is 2.60. The second-order valence-corrected chi connectivity index (χ2v) is 5.15. The molecule has 2 rings (SSSR count). The molecule has 1 unspecified atom stereocenters. The molecule has 0 fully saturated rings. The standard InChI is InChI=1S/C17H21NO2/c1-3-12(4-2)17(20)16(19)11-13-9-10-18-15-8-6-5-7-14(13)15/h5-10,12,17,20H,3-4,11H2,1-2H3. The molecule has 1 N–H and O–H groups in total. The lowest BCUT2D eigenvalue weighted by Gasteiger charge is -2.19. The Morgan fingerprint density at radius 2 is 1.90 bits per heavy atom. The van der Waals surface area contributed by atoms with Crippen molar-refractivity contribution in [2.24, 2.45) is 5.92 Å². The first-order valence-electron chi connectivity index (χ1n) is 7.20. The molecule has 0 aliphatic rings. The molecule has 0 saturated carbocycles. The Morgan fingerprint density at radius 3 is 2.60 bits per heavy atom. The third kappa shape index (κ3) is 3.05. The van der Waals surface area contributed by atoms with Gasteiger partial charge in [0.2, 0.25) is 0 Å². The molecule has 0 aliphatic heterocycles. The van der Waals surface area contributed by atoms with Crippen molar-refractivity contribution in [1.29, 1.82) is 0 Å². The van der Waals surface area contributed by atoms with Crippen LogP contribution < -0.4 is 0 Å². The number of carbonyl (C=O) groups is 1. The van der Waals surface area contributed by atoms with Gasteiger partial charge in [-0.15, -0.1) is 0 Å². The third-order valence-electron chi connectivity index (χ3n) is 3.93. The number of aliphatic hydroxyl groups excluding tert-OH is 1. The largest absolute Gasteiger partial charge is 0.385 e. The monoisotopic (exact) mass is 271 g/mol. The van der Waals surface area contributed by atoms with Crippen molar-refractivity contribution in [3.8, 4) is 0 Å². The van der Waals surface area contributed by atoms with Crippen LogP contribution >= 0.6 is 0 Å².